The number of carbonyl (C=O) groups is 1. The lowest BCUT2D eigenvalue weighted by Gasteiger charge is -2.28. The molecule has 1 saturated heterocycles. The summed E-state index contributed by atoms with van der Waals surface area (Å²) in [5.74, 6) is -0.149. The van der Waals surface area contributed by atoms with Crippen LogP contribution in [0.5, 0.6) is 0 Å². The van der Waals surface area contributed by atoms with E-state index >= 15 is 0 Å². The van der Waals surface area contributed by atoms with Crippen LogP contribution in [0.4, 0.5) is 11.4 Å². The number of amides is 1. The number of furan rings is 1. The van der Waals surface area contributed by atoms with Crippen LogP contribution in [0.1, 0.15) is 29.6 Å². The van der Waals surface area contributed by atoms with Crippen molar-refractivity contribution in [2.24, 2.45) is 0 Å². The first-order chi connectivity index (χ1) is 9.83. The quantitative estimate of drug-likeness (QED) is 0.928. The van der Waals surface area contributed by atoms with Crippen LogP contribution < -0.4 is 10.2 Å². The van der Waals surface area contributed by atoms with E-state index in [1.807, 2.05) is 12.1 Å². The van der Waals surface area contributed by atoms with Gasteiger partial charge in [-0.1, -0.05) is 0 Å². The van der Waals surface area contributed by atoms with Crippen molar-refractivity contribution >= 4 is 17.3 Å². The van der Waals surface area contributed by atoms with E-state index in [0.717, 1.165) is 18.8 Å². The molecule has 0 unspecified atom stereocenters. The number of piperidine rings is 1. The minimum Gasteiger partial charge on any atom is -0.472 e. The molecule has 1 amide bonds. The first-order valence-corrected chi connectivity index (χ1v) is 7.01. The molecule has 1 N–H and O–H groups in total. The van der Waals surface area contributed by atoms with Gasteiger partial charge in [0.15, 0.2) is 0 Å². The summed E-state index contributed by atoms with van der Waals surface area (Å²) in [6.07, 6.45) is 6.79. The van der Waals surface area contributed by atoms with E-state index in [9.17, 15) is 4.79 Å². The molecule has 3 rings (SSSR count). The Kier molecular flexibility index (Phi) is 3.72. The van der Waals surface area contributed by atoms with Gasteiger partial charge in [0.25, 0.3) is 5.91 Å². The molecule has 4 heteroatoms. The third-order valence-corrected chi connectivity index (χ3v) is 3.63. The van der Waals surface area contributed by atoms with Gasteiger partial charge in [0.1, 0.15) is 6.26 Å². The molecule has 1 aliphatic rings. The summed E-state index contributed by atoms with van der Waals surface area (Å²) >= 11 is 0. The Morgan fingerprint density at radius 3 is 2.45 bits per heavy atom. The average molecular weight is 270 g/mol. The summed E-state index contributed by atoms with van der Waals surface area (Å²) in [4.78, 5) is 14.3. The Labute approximate surface area is 118 Å². The van der Waals surface area contributed by atoms with Gasteiger partial charge in [0.05, 0.1) is 11.8 Å². The van der Waals surface area contributed by atoms with Gasteiger partial charge in [-0.2, -0.15) is 0 Å². The fourth-order valence-corrected chi connectivity index (χ4v) is 2.50. The van der Waals surface area contributed by atoms with Crippen LogP contribution in [0.3, 0.4) is 0 Å². The molecule has 0 bridgehead atoms. The van der Waals surface area contributed by atoms with Crippen molar-refractivity contribution in [1.82, 2.24) is 0 Å². The lowest BCUT2D eigenvalue weighted by atomic mass is 10.1. The second-order valence-corrected chi connectivity index (χ2v) is 5.06. The van der Waals surface area contributed by atoms with Gasteiger partial charge in [-0.3, -0.25) is 4.79 Å². The zero-order valence-corrected chi connectivity index (χ0v) is 11.3. The van der Waals surface area contributed by atoms with Crippen molar-refractivity contribution in [3.05, 3.63) is 48.4 Å². The van der Waals surface area contributed by atoms with Crippen LogP contribution in [0.25, 0.3) is 0 Å². The van der Waals surface area contributed by atoms with Gasteiger partial charge < -0.3 is 14.6 Å². The van der Waals surface area contributed by atoms with E-state index in [-0.39, 0.29) is 5.91 Å². The fourth-order valence-electron chi connectivity index (χ4n) is 2.50. The minimum atomic E-state index is -0.149. The van der Waals surface area contributed by atoms with Gasteiger partial charge in [-0.25, -0.2) is 0 Å². The average Bonchev–Trinajstić information content (AvgIpc) is 3.03. The van der Waals surface area contributed by atoms with Crippen molar-refractivity contribution in [1.29, 1.82) is 0 Å². The maximum atomic E-state index is 11.9. The largest absolute Gasteiger partial charge is 0.472 e. The third-order valence-electron chi connectivity index (χ3n) is 3.63. The first-order valence-electron chi connectivity index (χ1n) is 7.01. The highest BCUT2D eigenvalue weighted by Crippen LogP contribution is 2.22. The van der Waals surface area contributed by atoms with E-state index in [1.165, 1.54) is 37.5 Å². The molecule has 20 heavy (non-hydrogen) atoms. The number of nitrogens with zero attached hydrogens (tertiary/aromatic N) is 1. The van der Waals surface area contributed by atoms with E-state index in [1.54, 1.807) is 6.07 Å². The molecule has 4 nitrogen and oxygen atoms in total. The Bertz CT molecular complexity index is 555. The lowest BCUT2D eigenvalue weighted by Crippen LogP contribution is -2.29. The molecule has 104 valence electrons. The Hall–Kier alpha value is -2.23. The third kappa shape index (κ3) is 2.85. The van der Waals surface area contributed by atoms with Crippen LogP contribution in [0, 0.1) is 0 Å². The second-order valence-electron chi connectivity index (χ2n) is 5.06. The van der Waals surface area contributed by atoms with Crippen LogP contribution in [0.15, 0.2) is 47.3 Å². The highest BCUT2D eigenvalue weighted by Gasteiger charge is 2.11. The number of hydrogen-bond donors (Lipinski definition) is 1. The van der Waals surface area contributed by atoms with Gasteiger partial charge in [0.2, 0.25) is 0 Å². The van der Waals surface area contributed by atoms with E-state index in [2.05, 4.69) is 22.3 Å². The number of benzene rings is 1. The van der Waals surface area contributed by atoms with Gasteiger partial charge in [-0.05, 0) is 49.6 Å². The highest BCUT2D eigenvalue weighted by atomic mass is 16.3. The molecule has 0 aliphatic carbocycles. The standard InChI is InChI=1S/C16H18N2O2/c19-16(13-8-11-20-12-13)17-14-4-6-15(7-5-14)18-9-2-1-3-10-18/h4-8,11-12H,1-3,9-10H2,(H,17,19). The van der Waals surface area contributed by atoms with Gasteiger partial charge in [0, 0.05) is 24.5 Å². The topological polar surface area (TPSA) is 45.5 Å². The molecule has 0 radical (unpaired) electrons. The molecule has 1 aromatic heterocycles. The molecule has 2 aromatic rings. The van der Waals surface area contributed by atoms with Crippen LogP contribution in [-0.4, -0.2) is 19.0 Å². The zero-order valence-electron chi connectivity index (χ0n) is 11.3. The van der Waals surface area contributed by atoms with Crippen LogP contribution >= 0.6 is 0 Å². The zero-order chi connectivity index (χ0) is 13.8. The smallest absolute Gasteiger partial charge is 0.258 e. The maximum absolute atomic E-state index is 11.9. The predicted octanol–water partition coefficient (Wildman–Crippen LogP) is 3.52. The Morgan fingerprint density at radius 1 is 1.05 bits per heavy atom. The van der Waals surface area contributed by atoms with Crippen molar-refractivity contribution < 1.29 is 9.21 Å². The van der Waals surface area contributed by atoms with Gasteiger partial charge >= 0.3 is 0 Å². The van der Waals surface area contributed by atoms with Gasteiger partial charge in [-0.15, -0.1) is 0 Å². The van der Waals surface area contributed by atoms with Crippen molar-refractivity contribution in [3.8, 4) is 0 Å². The Morgan fingerprint density at radius 2 is 1.80 bits per heavy atom. The van der Waals surface area contributed by atoms with E-state index < -0.39 is 0 Å². The summed E-state index contributed by atoms with van der Waals surface area (Å²) in [7, 11) is 0. The summed E-state index contributed by atoms with van der Waals surface area (Å²) < 4.78 is 4.90. The summed E-state index contributed by atoms with van der Waals surface area (Å²) in [5.41, 5.74) is 2.56. The monoisotopic (exact) mass is 270 g/mol. The molecular weight excluding hydrogens is 252 g/mol. The normalized spacial score (nSPS) is 15.1. The number of hydrogen-bond acceptors (Lipinski definition) is 3. The number of carbonyl (C=O) groups excluding carboxylic acids is 1. The molecule has 0 saturated carbocycles. The molecule has 0 spiro atoms. The SMILES string of the molecule is O=C(Nc1ccc(N2CCCCC2)cc1)c1ccoc1. The Balaban J connectivity index is 1.65. The van der Waals surface area contributed by atoms with Crippen molar-refractivity contribution in [2.75, 3.05) is 23.3 Å². The van der Waals surface area contributed by atoms with E-state index in [4.69, 9.17) is 4.42 Å². The number of anilines is 2. The summed E-state index contributed by atoms with van der Waals surface area (Å²) in [6, 6.07) is 9.67. The predicted molar refractivity (Wildman–Crippen MR) is 79.2 cm³/mol. The van der Waals surface area contributed by atoms with Crippen LogP contribution in [0.2, 0.25) is 0 Å². The maximum Gasteiger partial charge on any atom is 0.258 e. The minimum absolute atomic E-state index is 0.149. The van der Waals surface area contributed by atoms with Crippen molar-refractivity contribution in [2.45, 2.75) is 19.3 Å². The summed E-state index contributed by atoms with van der Waals surface area (Å²) in [6.45, 7) is 2.25. The molecule has 2 heterocycles. The number of rotatable bonds is 3. The fraction of sp³-hybridized carbons (Fsp3) is 0.312. The highest BCUT2D eigenvalue weighted by molar-refractivity contribution is 6.04. The molecule has 1 aliphatic heterocycles. The van der Waals surface area contributed by atoms with Crippen LogP contribution in [-0.2, 0) is 0 Å². The molecular formula is C16H18N2O2. The van der Waals surface area contributed by atoms with Crippen molar-refractivity contribution in [3.63, 3.8) is 0 Å². The number of nitrogens with one attached hydrogen (secondary N) is 1. The molecule has 1 aromatic carbocycles. The molecule has 0 atom stereocenters. The first kappa shape index (κ1) is 12.8. The van der Waals surface area contributed by atoms with E-state index in [0.29, 0.717) is 5.56 Å². The lowest BCUT2D eigenvalue weighted by molar-refractivity contribution is 0.102. The second kappa shape index (κ2) is 5.82. The molecule has 1 fully saturated rings. The summed E-state index contributed by atoms with van der Waals surface area (Å²) in [5, 5.41) is 2.86.